The Bertz CT molecular complexity index is 608. The van der Waals surface area contributed by atoms with Gasteiger partial charge in [-0.05, 0) is 45.0 Å². The van der Waals surface area contributed by atoms with Crippen LogP contribution < -0.4 is 4.72 Å². The SMILES string of the molecule is CN(C)[C@@H](CNS(=O)(=O)c1ccc(C(F)(F)F)nc1)C1CC1. The van der Waals surface area contributed by atoms with Gasteiger partial charge in [0.15, 0.2) is 0 Å². The van der Waals surface area contributed by atoms with Gasteiger partial charge in [0, 0.05) is 18.8 Å². The lowest BCUT2D eigenvalue weighted by Crippen LogP contribution is -2.41. The van der Waals surface area contributed by atoms with Crippen molar-refractivity contribution < 1.29 is 21.6 Å². The first-order valence-corrected chi connectivity index (χ1v) is 8.29. The molecule has 9 heteroatoms. The van der Waals surface area contributed by atoms with Gasteiger partial charge in [-0.2, -0.15) is 13.2 Å². The Morgan fingerprint density at radius 1 is 1.36 bits per heavy atom. The van der Waals surface area contributed by atoms with E-state index in [4.69, 9.17) is 0 Å². The summed E-state index contributed by atoms with van der Waals surface area (Å²) in [6.45, 7) is 0.223. The number of halogens is 3. The largest absolute Gasteiger partial charge is 0.433 e. The number of pyridine rings is 1. The standard InChI is InChI=1S/C13H18F3N3O2S/c1-19(2)11(9-3-4-9)8-18-22(20,21)10-5-6-12(17-7-10)13(14,15)16/h5-7,9,11,18H,3-4,8H2,1-2H3/t11-/m0/s1. The van der Waals surface area contributed by atoms with Gasteiger partial charge < -0.3 is 4.90 Å². The van der Waals surface area contributed by atoms with E-state index in [9.17, 15) is 21.6 Å². The van der Waals surface area contributed by atoms with Gasteiger partial charge in [-0.25, -0.2) is 13.1 Å². The summed E-state index contributed by atoms with van der Waals surface area (Å²) < 4.78 is 63.9. The second-order valence-corrected chi connectivity index (χ2v) is 7.36. The van der Waals surface area contributed by atoms with Gasteiger partial charge >= 0.3 is 6.18 Å². The van der Waals surface area contributed by atoms with Crippen molar-refractivity contribution >= 4 is 10.0 Å². The minimum absolute atomic E-state index is 0.0807. The molecule has 5 nitrogen and oxygen atoms in total. The van der Waals surface area contributed by atoms with E-state index in [0.717, 1.165) is 25.1 Å². The predicted octanol–water partition coefficient (Wildman–Crippen LogP) is 1.72. The van der Waals surface area contributed by atoms with Crippen molar-refractivity contribution in [2.75, 3.05) is 20.6 Å². The first-order valence-electron chi connectivity index (χ1n) is 6.80. The van der Waals surface area contributed by atoms with E-state index in [2.05, 4.69) is 9.71 Å². The van der Waals surface area contributed by atoms with Crippen LogP contribution in [-0.4, -0.2) is 45.0 Å². The molecular formula is C13H18F3N3O2S. The summed E-state index contributed by atoms with van der Waals surface area (Å²) in [5.41, 5.74) is -1.12. The van der Waals surface area contributed by atoms with E-state index in [-0.39, 0.29) is 17.5 Å². The van der Waals surface area contributed by atoms with Crippen LogP contribution in [-0.2, 0) is 16.2 Å². The molecule has 0 unspecified atom stereocenters. The Kier molecular flexibility index (Phi) is 4.78. The minimum atomic E-state index is -4.59. The summed E-state index contributed by atoms with van der Waals surface area (Å²) in [6.07, 6.45) is -1.73. The second-order valence-electron chi connectivity index (χ2n) is 5.60. The van der Waals surface area contributed by atoms with Crippen LogP contribution in [0.25, 0.3) is 0 Å². The van der Waals surface area contributed by atoms with Crippen molar-refractivity contribution in [3.8, 4) is 0 Å². The van der Waals surface area contributed by atoms with Crippen LogP contribution in [0.4, 0.5) is 13.2 Å². The summed E-state index contributed by atoms with van der Waals surface area (Å²) in [5.74, 6) is 0.462. The fourth-order valence-electron chi connectivity index (χ4n) is 2.24. The molecule has 124 valence electrons. The average molecular weight is 337 g/mol. The van der Waals surface area contributed by atoms with E-state index >= 15 is 0 Å². The zero-order valence-electron chi connectivity index (χ0n) is 12.3. The topological polar surface area (TPSA) is 62.3 Å². The molecule has 1 N–H and O–H groups in total. The van der Waals surface area contributed by atoms with Gasteiger partial charge in [0.2, 0.25) is 10.0 Å². The maximum Gasteiger partial charge on any atom is 0.433 e. The summed E-state index contributed by atoms with van der Waals surface area (Å²) in [4.78, 5) is 4.85. The molecule has 1 aliphatic carbocycles. The number of aromatic nitrogens is 1. The third kappa shape index (κ3) is 4.17. The predicted molar refractivity (Wildman–Crippen MR) is 74.6 cm³/mol. The number of nitrogens with zero attached hydrogens (tertiary/aromatic N) is 2. The average Bonchev–Trinajstić information content (AvgIpc) is 3.22. The summed E-state index contributed by atoms with van der Waals surface area (Å²) in [6, 6.07) is 1.66. The van der Waals surface area contributed by atoms with Gasteiger partial charge in [0.05, 0.1) is 0 Å². The van der Waals surface area contributed by atoms with Crippen LogP contribution >= 0.6 is 0 Å². The van der Waals surface area contributed by atoms with Crippen LogP contribution in [0.3, 0.4) is 0 Å². The first kappa shape index (κ1) is 17.2. The van der Waals surface area contributed by atoms with E-state index in [1.165, 1.54) is 0 Å². The number of hydrogen-bond acceptors (Lipinski definition) is 4. The van der Waals surface area contributed by atoms with Crippen molar-refractivity contribution in [3.63, 3.8) is 0 Å². The van der Waals surface area contributed by atoms with E-state index in [0.29, 0.717) is 12.0 Å². The number of nitrogens with one attached hydrogen (secondary N) is 1. The van der Waals surface area contributed by atoms with Gasteiger partial charge in [0.25, 0.3) is 0 Å². The minimum Gasteiger partial charge on any atom is -0.305 e. The summed E-state index contributed by atoms with van der Waals surface area (Å²) in [5, 5.41) is 0. The fraction of sp³-hybridized carbons (Fsp3) is 0.615. The van der Waals surface area contributed by atoms with Gasteiger partial charge in [0.1, 0.15) is 10.6 Å². The Balaban J connectivity index is 2.06. The van der Waals surface area contributed by atoms with Gasteiger partial charge in [-0.15, -0.1) is 0 Å². The number of hydrogen-bond donors (Lipinski definition) is 1. The third-order valence-corrected chi connectivity index (χ3v) is 5.06. The number of alkyl halides is 3. The molecular weight excluding hydrogens is 319 g/mol. The maximum absolute atomic E-state index is 12.4. The molecule has 1 atom stereocenters. The molecule has 0 spiro atoms. The number of rotatable bonds is 6. The lowest BCUT2D eigenvalue weighted by atomic mass is 10.2. The van der Waals surface area contributed by atoms with Crippen molar-refractivity contribution in [3.05, 3.63) is 24.0 Å². The maximum atomic E-state index is 12.4. The quantitative estimate of drug-likeness (QED) is 0.859. The van der Waals surface area contributed by atoms with Crippen LogP contribution in [0.5, 0.6) is 0 Å². The highest BCUT2D eigenvalue weighted by Crippen LogP contribution is 2.34. The molecule has 0 radical (unpaired) electrons. The molecule has 1 saturated carbocycles. The zero-order chi connectivity index (χ0) is 16.5. The highest BCUT2D eigenvalue weighted by atomic mass is 32.2. The molecule has 1 fully saturated rings. The summed E-state index contributed by atoms with van der Waals surface area (Å²) >= 11 is 0. The van der Waals surface area contributed by atoms with Crippen molar-refractivity contribution in [2.45, 2.75) is 30.0 Å². The molecule has 22 heavy (non-hydrogen) atoms. The molecule has 1 aromatic rings. The van der Waals surface area contributed by atoms with Crippen molar-refractivity contribution in [2.24, 2.45) is 5.92 Å². The number of sulfonamides is 1. The highest BCUT2D eigenvalue weighted by Gasteiger charge is 2.34. The molecule has 0 bridgehead atoms. The van der Waals surface area contributed by atoms with Crippen molar-refractivity contribution in [1.82, 2.24) is 14.6 Å². The van der Waals surface area contributed by atoms with Crippen LogP contribution in [0.1, 0.15) is 18.5 Å². The monoisotopic (exact) mass is 337 g/mol. The molecule has 1 aliphatic rings. The Hall–Kier alpha value is -1.19. The molecule has 1 heterocycles. The van der Waals surface area contributed by atoms with Crippen LogP contribution in [0.15, 0.2) is 23.2 Å². The fourth-order valence-corrected chi connectivity index (χ4v) is 3.23. The lowest BCUT2D eigenvalue weighted by molar-refractivity contribution is -0.141. The number of likely N-dealkylation sites (N-methyl/N-ethyl adjacent to an activating group) is 1. The Labute approximate surface area is 127 Å². The normalized spacial score (nSPS) is 17.7. The first-order chi connectivity index (χ1) is 10.1. The molecule has 0 saturated heterocycles. The Morgan fingerprint density at radius 3 is 2.41 bits per heavy atom. The van der Waals surface area contributed by atoms with Crippen LogP contribution in [0, 0.1) is 5.92 Å². The third-order valence-electron chi connectivity index (χ3n) is 3.65. The van der Waals surface area contributed by atoms with Crippen LogP contribution in [0.2, 0.25) is 0 Å². The van der Waals surface area contributed by atoms with E-state index in [1.807, 2.05) is 19.0 Å². The molecule has 2 rings (SSSR count). The van der Waals surface area contributed by atoms with E-state index in [1.54, 1.807) is 0 Å². The van der Waals surface area contributed by atoms with Gasteiger partial charge in [-0.3, -0.25) is 4.98 Å². The Morgan fingerprint density at radius 2 is 2.00 bits per heavy atom. The van der Waals surface area contributed by atoms with Gasteiger partial charge in [-0.1, -0.05) is 0 Å². The second kappa shape index (κ2) is 6.13. The van der Waals surface area contributed by atoms with E-state index < -0.39 is 21.9 Å². The molecule has 1 aromatic heterocycles. The lowest BCUT2D eigenvalue weighted by Gasteiger charge is -2.24. The van der Waals surface area contributed by atoms with Crippen molar-refractivity contribution in [1.29, 1.82) is 0 Å². The zero-order valence-corrected chi connectivity index (χ0v) is 13.1. The smallest absolute Gasteiger partial charge is 0.305 e. The molecule has 0 aliphatic heterocycles. The summed E-state index contributed by atoms with van der Waals surface area (Å²) in [7, 11) is -0.119. The molecule has 0 amide bonds. The highest BCUT2D eigenvalue weighted by molar-refractivity contribution is 7.89. The molecule has 0 aromatic carbocycles.